The number of aryl methyl sites for hydroxylation is 2. The van der Waals surface area contributed by atoms with E-state index in [0.717, 1.165) is 69.4 Å². The molecule has 0 saturated carbocycles. The molecule has 1 saturated heterocycles. The van der Waals surface area contributed by atoms with Crippen LogP contribution in [0.15, 0.2) is 0 Å². The van der Waals surface area contributed by atoms with Crippen LogP contribution in [-0.2, 0) is 24.1 Å². The van der Waals surface area contributed by atoms with E-state index in [-0.39, 0.29) is 5.91 Å². The third-order valence-corrected chi connectivity index (χ3v) is 7.32. The van der Waals surface area contributed by atoms with Gasteiger partial charge in [-0.05, 0) is 37.2 Å². The monoisotopic (exact) mass is 400 g/mol. The van der Waals surface area contributed by atoms with Gasteiger partial charge in [0.1, 0.15) is 16.5 Å². The zero-order valence-electron chi connectivity index (χ0n) is 17.5. The van der Waals surface area contributed by atoms with Gasteiger partial charge in [0.05, 0.1) is 5.39 Å². The quantitative estimate of drug-likeness (QED) is 0.754. The first-order valence-electron chi connectivity index (χ1n) is 10.9. The molecule has 1 fully saturated rings. The fourth-order valence-corrected chi connectivity index (χ4v) is 5.83. The largest absolute Gasteiger partial charge is 0.352 e. The van der Waals surface area contributed by atoms with E-state index < -0.39 is 0 Å². The van der Waals surface area contributed by atoms with E-state index in [1.807, 2.05) is 23.2 Å². The van der Waals surface area contributed by atoms with Gasteiger partial charge in [0.15, 0.2) is 0 Å². The average molecular weight is 401 g/mol. The third kappa shape index (κ3) is 3.76. The van der Waals surface area contributed by atoms with Gasteiger partial charge in [-0.15, -0.1) is 11.3 Å². The maximum atomic E-state index is 12.1. The minimum Gasteiger partial charge on any atom is -0.352 e. The van der Waals surface area contributed by atoms with Gasteiger partial charge in [0.25, 0.3) is 0 Å². The molecule has 5 nitrogen and oxygen atoms in total. The molecular weight excluding hydrogens is 368 g/mol. The summed E-state index contributed by atoms with van der Waals surface area (Å²) >= 11 is 1.90. The lowest BCUT2D eigenvalue weighted by atomic mass is 9.89. The van der Waals surface area contributed by atoms with Gasteiger partial charge in [-0.2, -0.15) is 0 Å². The Morgan fingerprint density at radius 1 is 1.18 bits per heavy atom. The van der Waals surface area contributed by atoms with Crippen LogP contribution in [0.3, 0.4) is 0 Å². The molecule has 2 aliphatic rings. The zero-order valence-corrected chi connectivity index (χ0v) is 18.3. The summed E-state index contributed by atoms with van der Waals surface area (Å²) in [7, 11) is 0. The van der Waals surface area contributed by atoms with E-state index in [4.69, 9.17) is 9.97 Å². The fourth-order valence-electron chi connectivity index (χ4n) is 4.43. The summed E-state index contributed by atoms with van der Waals surface area (Å²) in [5.41, 5.74) is 1.50. The Morgan fingerprint density at radius 3 is 2.68 bits per heavy atom. The first-order chi connectivity index (χ1) is 13.6. The van der Waals surface area contributed by atoms with Crippen LogP contribution in [0.4, 0.5) is 5.82 Å². The Balaban J connectivity index is 1.70. The van der Waals surface area contributed by atoms with Crippen molar-refractivity contribution in [3.63, 3.8) is 0 Å². The Morgan fingerprint density at radius 2 is 1.96 bits per heavy atom. The highest BCUT2D eigenvalue weighted by molar-refractivity contribution is 7.19. The second-order valence-corrected chi connectivity index (χ2v) is 9.40. The maximum absolute atomic E-state index is 12.1. The Labute approximate surface area is 172 Å². The number of unbranched alkanes of at least 4 members (excludes halogenated alkanes) is 1. The molecule has 2 aromatic heterocycles. The van der Waals surface area contributed by atoms with Crippen LogP contribution in [0.5, 0.6) is 0 Å². The van der Waals surface area contributed by atoms with Crippen molar-refractivity contribution in [3.05, 3.63) is 16.3 Å². The lowest BCUT2D eigenvalue weighted by molar-refractivity contribution is -0.131. The molecule has 2 aromatic rings. The molecule has 3 heterocycles. The molecule has 4 rings (SSSR count). The van der Waals surface area contributed by atoms with E-state index >= 15 is 0 Å². The molecule has 1 aliphatic carbocycles. The molecule has 0 radical (unpaired) electrons. The zero-order chi connectivity index (χ0) is 19.7. The lowest BCUT2D eigenvalue weighted by Crippen LogP contribution is -2.49. The van der Waals surface area contributed by atoms with Crippen molar-refractivity contribution in [2.45, 2.75) is 65.7 Å². The number of aromatic nitrogens is 2. The molecule has 0 N–H and O–H groups in total. The summed E-state index contributed by atoms with van der Waals surface area (Å²) in [6, 6.07) is 0. The van der Waals surface area contributed by atoms with Gasteiger partial charge in [-0.25, -0.2) is 9.97 Å². The van der Waals surface area contributed by atoms with Crippen LogP contribution in [0.25, 0.3) is 10.2 Å². The van der Waals surface area contributed by atoms with Gasteiger partial charge in [0.2, 0.25) is 5.91 Å². The highest BCUT2D eigenvalue weighted by Crippen LogP contribution is 2.41. The molecule has 0 spiro atoms. The number of anilines is 1. The van der Waals surface area contributed by atoms with Crippen molar-refractivity contribution in [2.24, 2.45) is 5.92 Å². The van der Waals surface area contributed by atoms with Gasteiger partial charge in [-0.3, -0.25) is 4.79 Å². The van der Waals surface area contributed by atoms with Crippen molar-refractivity contribution >= 4 is 33.3 Å². The Hall–Kier alpha value is -1.69. The second-order valence-electron chi connectivity index (χ2n) is 8.32. The number of piperazine rings is 1. The van der Waals surface area contributed by atoms with Crippen LogP contribution in [0.2, 0.25) is 0 Å². The summed E-state index contributed by atoms with van der Waals surface area (Å²) in [5, 5.41) is 1.31. The van der Waals surface area contributed by atoms with E-state index in [1.54, 1.807) is 0 Å². The van der Waals surface area contributed by atoms with E-state index in [2.05, 4.69) is 18.7 Å². The Kier molecular flexibility index (Phi) is 5.85. The summed E-state index contributed by atoms with van der Waals surface area (Å²) in [6.45, 7) is 9.85. The van der Waals surface area contributed by atoms with Gasteiger partial charge < -0.3 is 9.80 Å². The molecule has 152 valence electrons. The summed E-state index contributed by atoms with van der Waals surface area (Å²) in [4.78, 5) is 29.2. The molecule has 0 bridgehead atoms. The highest BCUT2D eigenvalue weighted by Gasteiger charge is 2.28. The summed E-state index contributed by atoms with van der Waals surface area (Å²) in [6.07, 6.45) is 7.42. The van der Waals surface area contributed by atoms with E-state index in [1.165, 1.54) is 33.5 Å². The minimum atomic E-state index is 0.262. The molecule has 0 unspecified atom stereocenters. The number of rotatable bonds is 5. The van der Waals surface area contributed by atoms with Crippen molar-refractivity contribution in [2.75, 3.05) is 31.1 Å². The molecule has 6 heteroatoms. The molecule has 1 atom stereocenters. The number of thiophene rings is 1. The van der Waals surface area contributed by atoms with Crippen LogP contribution in [0.1, 0.15) is 62.7 Å². The molecule has 0 aromatic carbocycles. The minimum absolute atomic E-state index is 0.262. The number of carbonyl (C=O) groups is 1. The molecular formula is C22H32N4OS. The SMILES string of the molecule is CCCCc1nc(N2CCN(C(=O)CC)CC2)c2c3c(sc2n1)C[C@H](C)CC3. The van der Waals surface area contributed by atoms with Crippen LogP contribution >= 0.6 is 11.3 Å². The average Bonchev–Trinajstić information content (AvgIpc) is 3.08. The Bertz CT molecular complexity index is 854. The van der Waals surface area contributed by atoms with Crippen LogP contribution in [-0.4, -0.2) is 47.0 Å². The molecule has 1 aliphatic heterocycles. The first kappa shape index (κ1) is 19.6. The third-order valence-electron chi connectivity index (χ3n) is 6.17. The number of hydrogen-bond donors (Lipinski definition) is 0. The predicted molar refractivity (Wildman–Crippen MR) is 116 cm³/mol. The van der Waals surface area contributed by atoms with Gasteiger partial charge >= 0.3 is 0 Å². The van der Waals surface area contributed by atoms with Crippen molar-refractivity contribution in [3.8, 4) is 0 Å². The standard InChI is InChI=1S/C22H32N4OS/c1-4-6-7-18-23-21(26-12-10-25(11-13-26)19(27)5-2)20-16-9-8-15(3)14-17(16)28-22(20)24-18/h15H,4-14H2,1-3H3/t15-/m1/s1. The van der Waals surface area contributed by atoms with Crippen LogP contribution < -0.4 is 4.90 Å². The number of carbonyl (C=O) groups excluding carboxylic acids is 1. The predicted octanol–water partition coefficient (Wildman–Crippen LogP) is 4.22. The van der Waals surface area contributed by atoms with E-state index in [0.29, 0.717) is 6.42 Å². The summed E-state index contributed by atoms with van der Waals surface area (Å²) in [5.74, 6) is 3.15. The topological polar surface area (TPSA) is 49.3 Å². The molecule has 1 amide bonds. The van der Waals surface area contributed by atoms with Gasteiger partial charge in [0, 0.05) is 43.9 Å². The number of nitrogens with zero attached hydrogens (tertiary/aromatic N) is 4. The highest BCUT2D eigenvalue weighted by atomic mass is 32.1. The number of hydrogen-bond acceptors (Lipinski definition) is 5. The van der Waals surface area contributed by atoms with Crippen molar-refractivity contribution < 1.29 is 4.79 Å². The van der Waals surface area contributed by atoms with Crippen molar-refractivity contribution in [1.29, 1.82) is 0 Å². The summed E-state index contributed by atoms with van der Waals surface area (Å²) < 4.78 is 0. The van der Waals surface area contributed by atoms with Crippen LogP contribution in [0, 0.1) is 5.92 Å². The number of fused-ring (bicyclic) bond motifs is 3. The van der Waals surface area contributed by atoms with Gasteiger partial charge in [-0.1, -0.05) is 27.2 Å². The first-order valence-corrected chi connectivity index (χ1v) is 11.8. The molecule has 28 heavy (non-hydrogen) atoms. The van der Waals surface area contributed by atoms with Crippen molar-refractivity contribution in [1.82, 2.24) is 14.9 Å². The smallest absolute Gasteiger partial charge is 0.222 e. The number of amides is 1. The fraction of sp³-hybridized carbons (Fsp3) is 0.682. The normalized spacial score (nSPS) is 19.9. The van der Waals surface area contributed by atoms with E-state index in [9.17, 15) is 4.79 Å². The second kappa shape index (κ2) is 8.36. The maximum Gasteiger partial charge on any atom is 0.222 e. The lowest BCUT2D eigenvalue weighted by Gasteiger charge is -2.36.